The molecule has 100 valence electrons. The quantitative estimate of drug-likeness (QED) is 0.768. The van der Waals surface area contributed by atoms with Crippen molar-refractivity contribution < 1.29 is 14.2 Å². The van der Waals surface area contributed by atoms with Crippen molar-refractivity contribution in [2.75, 3.05) is 13.7 Å². The van der Waals surface area contributed by atoms with E-state index in [1.807, 2.05) is 18.2 Å². The first-order valence-corrected chi connectivity index (χ1v) is 6.81. The molecule has 1 fully saturated rings. The van der Waals surface area contributed by atoms with E-state index in [1.54, 1.807) is 7.11 Å². The lowest BCUT2D eigenvalue weighted by Gasteiger charge is -2.17. The Kier molecular flexibility index (Phi) is 4.73. The predicted molar refractivity (Wildman–Crippen MR) is 71.7 cm³/mol. The topological polar surface area (TPSA) is 27.7 Å². The first-order chi connectivity index (χ1) is 8.83. The average Bonchev–Trinajstić information content (AvgIpc) is 2.89. The zero-order valence-corrected chi connectivity index (χ0v) is 11.3. The number of hydrogen-bond acceptors (Lipinski definition) is 3. The fourth-order valence-electron chi connectivity index (χ4n) is 2.24. The van der Waals surface area contributed by atoms with Crippen LogP contribution in [0.2, 0.25) is 0 Å². The molecule has 0 aromatic heterocycles. The average molecular weight is 250 g/mol. The Bertz CT molecular complexity index is 370. The number of hydrogen-bond donors (Lipinski definition) is 0. The zero-order valence-electron chi connectivity index (χ0n) is 11.3. The normalized spacial score (nSPS) is 15.7. The number of rotatable bonds is 6. The summed E-state index contributed by atoms with van der Waals surface area (Å²) in [5.74, 6) is 2.44. The molecule has 0 amide bonds. The van der Waals surface area contributed by atoms with Gasteiger partial charge < -0.3 is 14.2 Å². The van der Waals surface area contributed by atoms with Crippen LogP contribution in [0.4, 0.5) is 0 Å². The van der Waals surface area contributed by atoms with Crippen LogP contribution in [0.1, 0.15) is 39.0 Å². The van der Waals surface area contributed by atoms with Crippen LogP contribution in [0.3, 0.4) is 0 Å². The van der Waals surface area contributed by atoms with Crippen LogP contribution in [-0.2, 0) is 0 Å². The molecule has 1 aromatic rings. The maximum absolute atomic E-state index is 6.01. The van der Waals surface area contributed by atoms with Gasteiger partial charge in [0.2, 0.25) is 0 Å². The van der Waals surface area contributed by atoms with E-state index in [0.717, 1.165) is 43.1 Å². The second-order valence-electron chi connectivity index (χ2n) is 4.69. The summed E-state index contributed by atoms with van der Waals surface area (Å²) in [6.07, 6.45) is 6.15. The molecule has 3 heteroatoms. The molecule has 0 atom stereocenters. The minimum atomic E-state index is 0.334. The first kappa shape index (κ1) is 13.1. The van der Waals surface area contributed by atoms with Crippen LogP contribution in [0.15, 0.2) is 18.2 Å². The largest absolute Gasteiger partial charge is 0.493 e. The highest BCUT2D eigenvalue weighted by Gasteiger charge is 2.18. The SMILES string of the molecule is CCCOc1ccc(OC)c(OC2CCCC2)c1. The van der Waals surface area contributed by atoms with Gasteiger partial charge in [0.15, 0.2) is 11.5 Å². The fourth-order valence-corrected chi connectivity index (χ4v) is 2.24. The van der Waals surface area contributed by atoms with Crippen molar-refractivity contribution in [3.63, 3.8) is 0 Å². The van der Waals surface area contributed by atoms with Crippen molar-refractivity contribution in [3.05, 3.63) is 18.2 Å². The molecule has 1 aromatic carbocycles. The Morgan fingerprint density at radius 1 is 1.17 bits per heavy atom. The van der Waals surface area contributed by atoms with Gasteiger partial charge in [0.25, 0.3) is 0 Å². The second kappa shape index (κ2) is 6.53. The van der Waals surface area contributed by atoms with Gasteiger partial charge in [-0.15, -0.1) is 0 Å². The Morgan fingerprint density at radius 2 is 1.94 bits per heavy atom. The molecular weight excluding hydrogens is 228 g/mol. The van der Waals surface area contributed by atoms with E-state index in [4.69, 9.17) is 14.2 Å². The van der Waals surface area contributed by atoms with Crippen LogP contribution in [0.5, 0.6) is 17.2 Å². The molecule has 18 heavy (non-hydrogen) atoms. The van der Waals surface area contributed by atoms with Crippen molar-refractivity contribution in [1.29, 1.82) is 0 Å². The molecule has 3 nitrogen and oxygen atoms in total. The monoisotopic (exact) mass is 250 g/mol. The Morgan fingerprint density at radius 3 is 2.61 bits per heavy atom. The standard InChI is InChI=1S/C15H22O3/c1-3-10-17-13-8-9-14(16-2)15(11-13)18-12-6-4-5-7-12/h8-9,11-12H,3-7,10H2,1-2H3. The fraction of sp³-hybridized carbons (Fsp3) is 0.600. The Labute approximate surface area is 109 Å². The maximum Gasteiger partial charge on any atom is 0.165 e. The summed E-state index contributed by atoms with van der Waals surface area (Å²) in [5.41, 5.74) is 0. The maximum atomic E-state index is 6.01. The van der Waals surface area contributed by atoms with Crippen molar-refractivity contribution >= 4 is 0 Å². The lowest BCUT2D eigenvalue weighted by atomic mass is 10.2. The molecule has 0 heterocycles. The Hall–Kier alpha value is -1.38. The van der Waals surface area contributed by atoms with Gasteiger partial charge >= 0.3 is 0 Å². The van der Waals surface area contributed by atoms with E-state index < -0.39 is 0 Å². The molecule has 0 radical (unpaired) electrons. The number of benzene rings is 1. The van der Waals surface area contributed by atoms with Gasteiger partial charge in [-0.25, -0.2) is 0 Å². The minimum Gasteiger partial charge on any atom is -0.493 e. The van der Waals surface area contributed by atoms with E-state index in [1.165, 1.54) is 12.8 Å². The van der Waals surface area contributed by atoms with E-state index in [9.17, 15) is 0 Å². The smallest absolute Gasteiger partial charge is 0.165 e. The van der Waals surface area contributed by atoms with Crippen LogP contribution < -0.4 is 14.2 Å². The van der Waals surface area contributed by atoms with Crippen LogP contribution in [-0.4, -0.2) is 19.8 Å². The third-order valence-corrected chi connectivity index (χ3v) is 3.20. The minimum absolute atomic E-state index is 0.334. The van der Waals surface area contributed by atoms with Gasteiger partial charge in [0.05, 0.1) is 19.8 Å². The van der Waals surface area contributed by atoms with Gasteiger partial charge in [0, 0.05) is 6.07 Å². The molecule has 0 N–H and O–H groups in total. The summed E-state index contributed by atoms with van der Waals surface area (Å²) in [7, 11) is 1.67. The van der Waals surface area contributed by atoms with Crippen molar-refractivity contribution in [2.45, 2.75) is 45.1 Å². The predicted octanol–water partition coefficient (Wildman–Crippen LogP) is 3.81. The van der Waals surface area contributed by atoms with Gasteiger partial charge in [-0.2, -0.15) is 0 Å². The summed E-state index contributed by atoms with van der Waals surface area (Å²) >= 11 is 0. The van der Waals surface area contributed by atoms with E-state index in [0.29, 0.717) is 6.10 Å². The Balaban J connectivity index is 2.08. The molecule has 0 bridgehead atoms. The molecule has 0 unspecified atom stereocenters. The number of methoxy groups -OCH3 is 1. The van der Waals surface area contributed by atoms with Crippen molar-refractivity contribution in [2.24, 2.45) is 0 Å². The highest BCUT2D eigenvalue weighted by molar-refractivity contribution is 5.45. The van der Waals surface area contributed by atoms with E-state index in [-0.39, 0.29) is 0 Å². The van der Waals surface area contributed by atoms with Gasteiger partial charge in [0.1, 0.15) is 5.75 Å². The van der Waals surface area contributed by atoms with E-state index in [2.05, 4.69) is 6.92 Å². The van der Waals surface area contributed by atoms with Crippen LogP contribution in [0.25, 0.3) is 0 Å². The lowest BCUT2D eigenvalue weighted by molar-refractivity contribution is 0.199. The van der Waals surface area contributed by atoms with Crippen LogP contribution in [0, 0.1) is 0 Å². The molecule has 1 aliphatic rings. The van der Waals surface area contributed by atoms with Gasteiger partial charge in [-0.3, -0.25) is 0 Å². The molecular formula is C15H22O3. The number of ether oxygens (including phenoxy) is 3. The van der Waals surface area contributed by atoms with Crippen molar-refractivity contribution in [3.8, 4) is 17.2 Å². The summed E-state index contributed by atoms with van der Waals surface area (Å²) in [5, 5.41) is 0. The summed E-state index contributed by atoms with van der Waals surface area (Å²) in [4.78, 5) is 0. The zero-order chi connectivity index (χ0) is 12.8. The lowest BCUT2D eigenvalue weighted by Crippen LogP contribution is -2.11. The summed E-state index contributed by atoms with van der Waals surface area (Å²) in [6, 6.07) is 5.78. The van der Waals surface area contributed by atoms with Gasteiger partial charge in [-0.1, -0.05) is 6.92 Å². The third kappa shape index (κ3) is 3.31. The highest BCUT2D eigenvalue weighted by Crippen LogP contribution is 2.34. The molecule has 1 saturated carbocycles. The van der Waals surface area contributed by atoms with Gasteiger partial charge in [-0.05, 0) is 44.2 Å². The highest BCUT2D eigenvalue weighted by atomic mass is 16.5. The summed E-state index contributed by atoms with van der Waals surface area (Å²) in [6.45, 7) is 2.83. The van der Waals surface area contributed by atoms with Crippen LogP contribution >= 0.6 is 0 Å². The molecule has 0 saturated heterocycles. The third-order valence-electron chi connectivity index (χ3n) is 3.20. The molecule has 1 aliphatic carbocycles. The van der Waals surface area contributed by atoms with Crippen molar-refractivity contribution in [1.82, 2.24) is 0 Å². The molecule has 0 spiro atoms. The molecule has 0 aliphatic heterocycles. The second-order valence-corrected chi connectivity index (χ2v) is 4.69. The summed E-state index contributed by atoms with van der Waals surface area (Å²) < 4.78 is 17.0. The first-order valence-electron chi connectivity index (χ1n) is 6.81. The van der Waals surface area contributed by atoms with E-state index >= 15 is 0 Å². The molecule has 2 rings (SSSR count).